The summed E-state index contributed by atoms with van der Waals surface area (Å²) in [5, 5.41) is 3.13. The van der Waals surface area contributed by atoms with E-state index >= 15 is 0 Å². The third kappa shape index (κ3) is 3.93. The fourth-order valence-electron chi connectivity index (χ4n) is 1.74. The molecule has 2 aromatic rings. The van der Waals surface area contributed by atoms with Crippen molar-refractivity contribution >= 4 is 15.8 Å². The highest BCUT2D eigenvalue weighted by Crippen LogP contribution is 2.15. The summed E-state index contributed by atoms with van der Waals surface area (Å²) in [6.45, 7) is 0.572. The first-order valence-electron chi connectivity index (χ1n) is 6.31. The maximum Gasteiger partial charge on any atom is 0.241 e. The van der Waals surface area contributed by atoms with Gasteiger partial charge in [0.1, 0.15) is 16.5 Å². The summed E-state index contributed by atoms with van der Waals surface area (Å²) >= 11 is 0. The smallest absolute Gasteiger partial charge is 0.241 e. The van der Waals surface area contributed by atoms with Crippen molar-refractivity contribution in [1.82, 2.24) is 9.71 Å². The van der Waals surface area contributed by atoms with Gasteiger partial charge in [-0.25, -0.2) is 18.1 Å². The van der Waals surface area contributed by atoms with Crippen molar-refractivity contribution in [3.63, 3.8) is 0 Å². The third-order valence-electron chi connectivity index (χ3n) is 2.92. The molecule has 0 spiro atoms. The standard InChI is InChI=1S/C14H17N3O3S/c1-15-21(18,19)13-6-7-14(17-10-13)16-9-11-4-3-5-12(8-11)20-2/h3-8,10,15H,9H2,1-2H3,(H,16,17). The lowest BCUT2D eigenvalue weighted by Crippen LogP contribution is -2.18. The minimum atomic E-state index is -3.45. The monoisotopic (exact) mass is 307 g/mol. The highest BCUT2D eigenvalue weighted by Gasteiger charge is 2.11. The van der Waals surface area contributed by atoms with Crippen LogP contribution in [0.2, 0.25) is 0 Å². The molecule has 112 valence electrons. The van der Waals surface area contributed by atoms with Crippen molar-refractivity contribution < 1.29 is 13.2 Å². The van der Waals surface area contributed by atoms with E-state index in [1.165, 1.54) is 19.3 Å². The highest BCUT2D eigenvalue weighted by atomic mass is 32.2. The molecule has 0 radical (unpaired) electrons. The zero-order valence-electron chi connectivity index (χ0n) is 11.8. The maximum absolute atomic E-state index is 11.6. The molecule has 0 aliphatic heterocycles. The Balaban J connectivity index is 2.04. The number of nitrogens with one attached hydrogen (secondary N) is 2. The zero-order chi connectivity index (χ0) is 15.3. The molecular weight excluding hydrogens is 290 g/mol. The molecule has 2 N–H and O–H groups in total. The minimum Gasteiger partial charge on any atom is -0.497 e. The first kappa shape index (κ1) is 15.3. The number of methoxy groups -OCH3 is 1. The topological polar surface area (TPSA) is 80.3 Å². The molecular formula is C14H17N3O3S. The van der Waals surface area contributed by atoms with Crippen LogP contribution in [0.25, 0.3) is 0 Å². The van der Waals surface area contributed by atoms with Crippen molar-refractivity contribution in [1.29, 1.82) is 0 Å². The predicted molar refractivity (Wildman–Crippen MR) is 80.8 cm³/mol. The maximum atomic E-state index is 11.6. The Morgan fingerprint density at radius 2 is 2.05 bits per heavy atom. The van der Waals surface area contributed by atoms with E-state index in [0.29, 0.717) is 12.4 Å². The summed E-state index contributed by atoms with van der Waals surface area (Å²) in [7, 11) is -0.462. The third-order valence-corrected chi connectivity index (χ3v) is 4.32. The average molecular weight is 307 g/mol. The number of anilines is 1. The molecule has 2 rings (SSSR count). The van der Waals surface area contributed by atoms with Crippen LogP contribution in [-0.2, 0) is 16.6 Å². The molecule has 7 heteroatoms. The van der Waals surface area contributed by atoms with Gasteiger partial charge >= 0.3 is 0 Å². The van der Waals surface area contributed by atoms with Crippen LogP contribution in [0.5, 0.6) is 5.75 Å². The van der Waals surface area contributed by atoms with Crippen LogP contribution in [-0.4, -0.2) is 27.6 Å². The van der Waals surface area contributed by atoms with Crippen LogP contribution in [0.15, 0.2) is 47.5 Å². The van der Waals surface area contributed by atoms with Crippen molar-refractivity contribution in [3.8, 4) is 5.75 Å². The lowest BCUT2D eigenvalue weighted by molar-refractivity contribution is 0.414. The number of sulfonamides is 1. The molecule has 0 fully saturated rings. The van der Waals surface area contributed by atoms with Gasteiger partial charge in [-0.05, 0) is 36.9 Å². The van der Waals surface area contributed by atoms with E-state index in [1.54, 1.807) is 13.2 Å². The van der Waals surface area contributed by atoms with Gasteiger partial charge in [-0.15, -0.1) is 0 Å². The number of aromatic nitrogens is 1. The van der Waals surface area contributed by atoms with Gasteiger partial charge in [-0.2, -0.15) is 0 Å². The van der Waals surface area contributed by atoms with Crippen LogP contribution in [0, 0.1) is 0 Å². The molecule has 21 heavy (non-hydrogen) atoms. The molecule has 0 aliphatic carbocycles. The second-order valence-corrected chi connectivity index (χ2v) is 6.18. The van der Waals surface area contributed by atoms with E-state index in [2.05, 4.69) is 15.0 Å². The van der Waals surface area contributed by atoms with E-state index < -0.39 is 10.0 Å². The lowest BCUT2D eigenvalue weighted by atomic mass is 10.2. The Morgan fingerprint density at radius 1 is 1.24 bits per heavy atom. The van der Waals surface area contributed by atoms with Gasteiger partial charge in [0.05, 0.1) is 7.11 Å². The van der Waals surface area contributed by atoms with Gasteiger partial charge in [0.2, 0.25) is 10.0 Å². The minimum absolute atomic E-state index is 0.136. The van der Waals surface area contributed by atoms with Crippen LogP contribution in [0.1, 0.15) is 5.56 Å². The summed E-state index contributed by atoms with van der Waals surface area (Å²) < 4.78 is 30.6. The van der Waals surface area contributed by atoms with Crippen molar-refractivity contribution in [2.45, 2.75) is 11.4 Å². The van der Waals surface area contributed by atoms with Crippen molar-refractivity contribution in [2.24, 2.45) is 0 Å². The Labute approximate surface area is 124 Å². The summed E-state index contributed by atoms with van der Waals surface area (Å²) in [5.74, 6) is 1.39. The SMILES string of the molecule is CNS(=O)(=O)c1ccc(NCc2cccc(OC)c2)nc1. The summed E-state index contributed by atoms with van der Waals surface area (Å²) in [6, 6.07) is 10.8. The number of hydrogen-bond acceptors (Lipinski definition) is 5. The predicted octanol–water partition coefficient (Wildman–Crippen LogP) is 1.61. The van der Waals surface area contributed by atoms with Gasteiger partial charge < -0.3 is 10.1 Å². The Hall–Kier alpha value is -2.12. The van der Waals surface area contributed by atoms with Gasteiger partial charge in [0, 0.05) is 12.7 Å². The van der Waals surface area contributed by atoms with Gasteiger partial charge in [-0.3, -0.25) is 0 Å². The molecule has 0 unspecified atom stereocenters. The van der Waals surface area contributed by atoms with E-state index in [-0.39, 0.29) is 4.90 Å². The van der Waals surface area contributed by atoms with Crippen LogP contribution in [0.3, 0.4) is 0 Å². The molecule has 0 bridgehead atoms. The molecule has 1 aromatic carbocycles. The number of ether oxygens (including phenoxy) is 1. The number of rotatable bonds is 6. The number of benzene rings is 1. The first-order valence-corrected chi connectivity index (χ1v) is 7.80. The summed E-state index contributed by atoms with van der Waals surface area (Å²) in [5.41, 5.74) is 1.04. The quantitative estimate of drug-likeness (QED) is 0.847. The second kappa shape index (κ2) is 6.55. The fraction of sp³-hybridized carbons (Fsp3) is 0.214. The Bertz CT molecular complexity index is 700. The van der Waals surface area contributed by atoms with Gasteiger partial charge in [0.25, 0.3) is 0 Å². The Kier molecular flexibility index (Phi) is 4.77. The van der Waals surface area contributed by atoms with E-state index in [0.717, 1.165) is 11.3 Å². The molecule has 0 atom stereocenters. The lowest BCUT2D eigenvalue weighted by Gasteiger charge is -2.08. The fourth-order valence-corrected chi connectivity index (χ4v) is 2.41. The number of pyridine rings is 1. The van der Waals surface area contributed by atoms with E-state index in [4.69, 9.17) is 4.74 Å². The molecule has 0 saturated heterocycles. The number of hydrogen-bond donors (Lipinski definition) is 2. The summed E-state index contributed by atoms with van der Waals surface area (Å²) in [6.07, 6.45) is 1.32. The van der Waals surface area contributed by atoms with Crippen molar-refractivity contribution in [3.05, 3.63) is 48.2 Å². The molecule has 6 nitrogen and oxygen atoms in total. The van der Waals surface area contributed by atoms with Gasteiger partial charge in [0.15, 0.2) is 0 Å². The molecule has 0 amide bonds. The largest absolute Gasteiger partial charge is 0.497 e. The molecule has 1 aromatic heterocycles. The van der Waals surface area contributed by atoms with Crippen LogP contribution < -0.4 is 14.8 Å². The first-order chi connectivity index (χ1) is 10.0. The molecule has 1 heterocycles. The van der Waals surface area contributed by atoms with Crippen molar-refractivity contribution in [2.75, 3.05) is 19.5 Å². The molecule has 0 saturated carbocycles. The average Bonchev–Trinajstić information content (AvgIpc) is 2.53. The van der Waals surface area contributed by atoms with Gasteiger partial charge in [-0.1, -0.05) is 12.1 Å². The Morgan fingerprint density at radius 3 is 2.67 bits per heavy atom. The van der Waals surface area contributed by atoms with Crippen LogP contribution >= 0.6 is 0 Å². The second-order valence-electron chi connectivity index (χ2n) is 4.29. The zero-order valence-corrected chi connectivity index (χ0v) is 12.6. The van der Waals surface area contributed by atoms with E-state index in [9.17, 15) is 8.42 Å². The highest BCUT2D eigenvalue weighted by molar-refractivity contribution is 7.89. The molecule has 0 aliphatic rings. The normalized spacial score (nSPS) is 11.1. The summed E-state index contributed by atoms with van der Waals surface area (Å²) in [4.78, 5) is 4.23. The van der Waals surface area contributed by atoms with E-state index in [1.807, 2.05) is 24.3 Å². The van der Waals surface area contributed by atoms with Crippen LogP contribution in [0.4, 0.5) is 5.82 Å². The number of nitrogens with zero attached hydrogens (tertiary/aromatic N) is 1.